The van der Waals surface area contributed by atoms with Crippen LogP contribution in [0.15, 0.2) is 83.5 Å². The second kappa shape index (κ2) is 7.95. The highest BCUT2D eigenvalue weighted by molar-refractivity contribution is 6.07. The Kier molecular flexibility index (Phi) is 4.76. The Morgan fingerprint density at radius 2 is 1.82 bits per heavy atom. The van der Waals surface area contributed by atoms with Crippen LogP contribution >= 0.6 is 0 Å². The van der Waals surface area contributed by atoms with Crippen LogP contribution in [0.1, 0.15) is 33.4 Å². The second-order valence-electron chi connectivity index (χ2n) is 8.42. The van der Waals surface area contributed by atoms with E-state index in [2.05, 4.69) is 20.8 Å². The number of hydrogen-bond acceptors (Lipinski definition) is 4. The van der Waals surface area contributed by atoms with Gasteiger partial charge in [-0.3, -0.25) is 4.79 Å². The summed E-state index contributed by atoms with van der Waals surface area (Å²) in [5, 5.41) is 4.59. The lowest BCUT2D eigenvalue weighted by Crippen LogP contribution is -2.42. The first kappa shape index (κ1) is 20.4. The fourth-order valence-corrected chi connectivity index (χ4v) is 4.81. The van der Waals surface area contributed by atoms with Crippen LogP contribution in [0.2, 0.25) is 0 Å². The Hall–Kier alpha value is -4.26. The van der Waals surface area contributed by atoms with Crippen molar-refractivity contribution in [3.05, 3.63) is 107 Å². The van der Waals surface area contributed by atoms with Gasteiger partial charge in [0.25, 0.3) is 11.6 Å². The lowest BCUT2D eigenvalue weighted by molar-refractivity contribution is 0.0666. The molecule has 1 atom stereocenters. The molecule has 34 heavy (non-hydrogen) atoms. The van der Waals surface area contributed by atoms with Crippen molar-refractivity contribution in [2.75, 3.05) is 6.54 Å². The zero-order valence-corrected chi connectivity index (χ0v) is 18.5. The van der Waals surface area contributed by atoms with Crippen molar-refractivity contribution >= 4 is 17.0 Å². The summed E-state index contributed by atoms with van der Waals surface area (Å²) in [6.07, 6.45) is 2.04. The summed E-state index contributed by atoms with van der Waals surface area (Å²) in [5.41, 5.74) is 3.91. The zero-order valence-electron chi connectivity index (χ0n) is 18.5. The number of fused-ring (bicyclic) bond motifs is 2. The smallest absolute Gasteiger partial charge is 0.259 e. The van der Waals surface area contributed by atoms with E-state index in [1.54, 1.807) is 31.2 Å². The van der Waals surface area contributed by atoms with Crippen LogP contribution in [0.25, 0.3) is 22.4 Å². The lowest BCUT2D eigenvalue weighted by Gasteiger charge is -2.37. The number of rotatable bonds is 3. The first-order chi connectivity index (χ1) is 16.6. The largest absolute Gasteiger partial charge is 0.348 e. The van der Waals surface area contributed by atoms with Gasteiger partial charge in [-0.05, 0) is 42.8 Å². The summed E-state index contributed by atoms with van der Waals surface area (Å²) >= 11 is 0. The summed E-state index contributed by atoms with van der Waals surface area (Å²) in [6.45, 7) is 3.00. The van der Waals surface area contributed by atoms with Crippen LogP contribution in [-0.2, 0) is 6.54 Å². The van der Waals surface area contributed by atoms with Gasteiger partial charge in [-0.15, -0.1) is 0 Å². The lowest BCUT2D eigenvalue weighted by atomic mass is 9.97. The van der Waals surface area contributed by atoms with Crippen LogP contribution in [0, 0.1) is 12.7 Å². The number of pyridine rings is 1. The van der Waals surface area contributed by atoms with Gasteiger partial charge in [0.05, 0.1) is 28.4 Å². The maximum absolute atomic E-state index is 14.6. The minimum absolute atomic E-state index is 0.169. The molecule has 0 spiro atoms. The van der Waals surface area contributed by atoms with Crippen molar-refractivity contribution in [3.63, 3.8) is 0 Å². The van der Waals surface area contributed by atoms with Crippen molar-refractivity contribution in [1.82, 2.24) is 19.6 Å². The van der Waals surface area contributed by atoms with Crippen molar-refractivity contribution in [3.8, 4) is 11.3 Å². The first-order valence-electron chi connectivity index (χ1n) is 11.1. The predicted molar refractivity (Wildman–Crippen MR) is 126 cm³/mol. The molecule has 1 aliphatic heterocycles. The molecule has 6 rings (SSSR count). The van der Waals surface area contributed by atoms with Crippen LogP contribution in [0.5, 0.6) is 0 Å². The number of benzene rings is 2. The number of carbonyl (C=O) groups excluding carboxylic acids is 1. The maximum Gasteiger partial charge on any atom is 0.259 e. The molecule has 0 fully saturated rings. The first-order valence-corrected chi connectivity index (χ1v) is 11.1. The highest BCUT2D eigenvalue weighted by Gasteiger charge is 2.34. The average Bonchev–Trinajstić information content (AvgIpc) is 3.50. The molecule has 3 aromatic heterocycles. The molecule has 6 nitrogen and oxygen atoms in total. The van der Waals surface area contributed by atoms with Crippen molar-refractivity contribution in [2.45, 2.75) is 19.5 Å². The van der Waals surface area contributed by atoms with E-state index in [1.165, 1.54) is 6.07 Å². The van der Waals surface area contributed by atoms with Gasteiger partial charge in [-0.25, -0.2) is 9.37 Å². The van der Waals surface area contributed by atoms with Gasteiger partial charge in [0, 0.05) is 30.5 Å². The van der Waals surface area contributed by atoms with E-state index >= 15 is 0 Å². The summed E-state index contributed by atoms with van der Waals surface area (Å²) in [5.74, 6) is -0.584. The van der Waals surface area contributed by atoms with Crippen LogP contribution < -0.4 is 0 Å². The molecule has 1 amide bonds. The van der Waals surface area contributed by atoms with Gasteiger partial charge in [-0.2, -0.15) is 0 Å². The number of nitrogens with zero attached hydrogens (tertiary/aromatic N) is 4. The zero-order chi connectivity index (χ0) is 23.2. The quantitative estimate of drug-likeness (QED) is 0.369. The molecule has 0 saturated heterocycles. The molecule has 0 aliphatic carbocycles. The van der Waals surface area contributed by atoms with Gasteiger partial charge < -0.3 is 14.0 Å². The maximum atomic E-state index is 14.6. The predicted octanol–water partition coefficient (Wildman–Crippen LogP) is 5.38. The molecular formula is C27H21FN4O2. The van der Waals surface area contributed by atoms with E-state index in [0.717, 1.165) is 11.3 Å². The Bertz CT molecular complexity index is 1520. The molecule has 2 aromatic carbocycles. The van der Waals surface area contributed by atoms with E-state index in [9.17, 15) is 9.18 Å². The summed E-state index contributed by atoms with van der Waals surface area (Å²) in [4.78, 5) is 20.5. The van der Waals surface area contributed by atoms with Crippen molar-refractivity contribution in [2.24, 2.45) is 0 Å². The molecule has 4 heterocycles. The van der Waals surface area contributed by atoms with Gasteiger partial charge in [0.1, 0.15) is 5.82 Å². The second-order valence-corrected chi connectivity index (χ2v) is 8.42. The number of amides is 1. The minimum atomic E-state index is -0.415. The number of carbonyl (C=O) groups is 1. The fourth-order valence-electron chi connectivity index (χ4n) is 4.81. The van der Waals surface area contributed by atoms with Gasteiger partial charge >= 0.3 is 0 Å². The average molecular weight is 452 g/mol. The minimum Gasteiger partial charge on any atom is -0.348 e. The molecule has 0 saturated carbocycles. The molecule has 0 radical (unpaired) electrons. The van der Waals surface area contributed by atoms with E-state index in [4.69, 9.17) is 4.52 Å². The van der Waals surface area contributed by atoms with E-state index in [-0.39, 0.29) is 17.7 Å². The molecule has 0 N–H and O–H groups in total. The molecule has 0 bridgehead atoms. The van der Waals surface area contributed by atoms with E-state index in [1.807, 2.05) is 47.5 Å². The Balaban J connectivity index is 1.52. The fraction of sp³-hybridized carbons (Fsp3) is 0.148. The third kappa shape index (κ3) is 3.20. The normalized spacial score (nSPS) is 15.5. The van der Waals surface area contributed by atoms with Crippen molar-refractivity contribution < 1.29 is 13.7 Å². The Morgan fingerprint density at radius 3 is 2.65 bits per heavy atom. The number of halogens is 1. The van der Waals surface area contributed by atoms with Crippen molar-refractivity contribution in [1.29, 1.82) is 0 Å². The third-order valence-corrected chi connectivity index (χ3v) is 6.41. The summed E-state index contributed by atoms with van der Waals surface area (Å²) in [7, 11) is 0. The van der Waals surface area contributed by atoms with Crippen LogP contribution in [0.3, 0.4) is 0 Å². The Labute approximate surface area is 195 Å². The highest BCUT2D eigenvalue weighted by atomic mass is 19.1. The number of aryl methyl sites for hydroxylation is 1. The molecule has 168 valence electrons. The topological polar surface area (TPSA) is 64.2 Å². The summed E-state index contributed by atoms with van der Waals surface area (Å²) < 4.78 is 22.2. The number of aromatic nitrogens is 3. The third-order valence-electron chi connectivity index (χ3n) is 6.41. The van der Waals surface area contributed by atoms with E-state index < -0.39 is 5.82 Å². The molecule has 5 aromatic rings. The monoisotopic (exact) mass is 452 g/mol. The molecule has 7 heteroatoms. The van der Waals surface area contributed by atoms with E-state index in [0.29, 0.717) is 41.0 Å². The Morgan fingerprint density at radius 1 is 1.03 bits per heavy atom. The van der Waals surface area contributed by atoms with Gasteiger partial charge in [0.2, 0.25) is 0 Å². The molecule has 0 unspecified atom stereocenters. The van der Waals surface area contributed by atoms with Crippen LogP contribution in [-0.4, -0.2) is 32.1 Å². The SMILES string of the molecule is Cc1noc2nc(-c3ccccc3F)cc(C(=O)N3CCn4cccc4[C@H]3c3ccccc3)c12. The number of hydrogen-bond donors (Lipinski definition) is 0. The van der Waals surface area contributed by atoms with Gasteiger partial charge in [0.15, 0.2) is 0 Å². The highest BCUT2D eigenvalue weighted by Crippen LogP contribution is 2.36. The standard InChI is InChI=1S/C27H21FN4O2/c1-17-24-20(16-22(29-26(24)34-30-17)19-10-5-6-11-21(19)28)27(33)32-15-14-31-13-7-12-23(31)25(32)18-8-3-2-4-9-18/h2-13,16,25H,14-15H2,1H3/t25-/m1/s1. The molecular weight excluding hydrogens is 431 g/mol. The van der Waals surface area contributed by atoms with Crippen LogP contribution in [0.4, 0.5) is 4.39 Å². The van der Waals surface area contributed by atoms with Gasteiger partial charge in [-0.1, -0.05) is 47.6 Å². The summed E-state index contributed by atoms with van der Waals surface area (Å²) in [6, 6.07) is 21.8. The molecule has 1 aliphatic rings.